The van der Waals surface area contributed by atoms with Crippen molar-refractivity contribution >= 4 is 17.4 Å². The largest absolute Gasteiger partial charge is 0.493 e. The minimum Gasteiger partial charge on any atom is -0.493 e. The van der Waals surface area contributed by atoms with Gasteiger partial charge in [0.1, 0.15) is 11.3 Å². The van der Waals surface area contributed by atoms with Crippen LogP contribution in [0.4, 0.5) is 11.5 Å². The van der Waals surface area contributed by atoms with Crippen molar-refractivity contribution in [2.24, 2.45) is 0 Å². The Labute approximate surface area is 117 Å². The predicted octanol–water partition coefficient (Wildman–Crippen LogP) is 2.21. The average Bonchev–Trinajstić information content (AvgIpc) is 2.86. The molecule has 20 heavy (non-hydrogen) atoms. The van der Waals surface area contributed by atoms with Crippen LogP contribution in [0.15, 0.2) is 24.3 Å². The average molecular weight is 274 g/mol. The number of anilines is 2. The number of carbonyl (C=O) groups excluding carboxylic acids is 1. The van der Waals surface area contributed by atoms with E-state index in [0.717, 1.165) is 12.1 Å². The predicted molar refractivity (Wildman–Crippen MR) is 77.9 cm³/mol. The zero-order valence-electron chi connectivity index (χ0n) is 11.6. The van der Waals surface area contributed by atoms with Crippen LogP contribution in [-0.2, 0) is 6.42 Å². The van der Waals surface area contributed by atoms with Crippen LogP contribution in [-0.4, -0.2) is 22.7 Å². The van der Waals surface area contributed by atoms with Crippen molar-refractivity contribution in [1.82, 2.24) is 10.2 Å². The standard InChI is InChI=1S/C14H18N4O2/c1-3-9-8-12(18-17-9)16-14(19)13-10(15)6-5-7-11(13)20-4-2/h5-8H,3-4,15H2,1-2H3,(H2,16,17,18,19). The SMILES string of the molecule is CCOc1cccc(N)c1C(=O)Nc1cc(CC)[nH]n1. The first-order valence-electron chi connectivity index (χ1n) is 6.52. The normalized spacial score (nSPS) is 10.3. The number of carbonyl (C=O) groups is 1. The molecule has 0 atom stereocenters. The number of ether oxygens (including phenoxy) is 1. The van der Waals surface area contributed by atoms with Crippen molar-refractivity contribution < 1.29 is 9.53 Å². The van der Waals surface area contributed by atoms with Gasteiger partial charge in [-0.2, -0.15) is 5.10 Å². The number of hydrogen-bond donors (Lipinski definition) is 3. The molecule has 0 saturated heterocycles. The highest BCUT2D eigenvalue weighted by Gasteiger charge is 2.17. The van der Waals surface area contributed by atoms with Gasteiger partial charge in [-0.05, 0) is 25.5 Å². The first-order chi connectivity index (χ1) is 9.65. The van der Waals surface area contributed by atoms with Gasteiger partial charge >= 0.3 is 0 Å². The third-order valence-corrected chi connectivity index (χ3v) is 2.84. The Balaban J connectivity index is 2.24. The van der Waals surface area contributed by atoms with E-state index in [-0.39, 0.29) is 5.91 Å². The van der Waals surface area contributed by atoms with Crippen LogP contribution in [0.3, 0.4) is 0 Å². The summed E-state index contributed by atoms with van der Waals surface area (Å²) in [5.74, 6) is 0.606. The molecule has 0 spiro atoms. The van der Waals surface area contributed by atoms with Gasteiger partial charge in [0.15, 0.2) is 5.82 Å². The van der Waals surface area contributed by atoms with Gasteiger partial charge in [-0.15, -0.1) is 0 Å². The topological polar surface area (TPSA) is 93.0 Å². The highest BCUT2D eigenvalue weighted by molar-refractivity contribution is 6.09. The molecule has 6 nitrogen and oxygen atoms in total. The van der Waals surface area contributed by atoms with Gasteiger partial charge in [0.2, 0.25) is 0 Å². The zero-order chi connectivity index (χ0) is 14.5. The van der Waals surface area contributed by atoms with E-state index in [1.165, 1.54) is 0 Å². The molecule has 1 aromatic carbocycles. The molecule has 0 radical (unpaired) electrons. The quantitative estimate of drug-likeness (QED) is 0.729. The van der Waals surface area contributed by atoms with Crippen LogP contribution in [0.1, 0.15) is 29.9 Å². The molecule has 0 aliphatic rings. The number of benzene rings is 1. The van der Waals surface area contributed by atoms with E-state index in [1.54, 1.807) is 24.3 Å². The fourth-order valence-electron chi connectivity index (χ4n) is 1.85. The Morgan fingerprint density at radius 2 is 2.25 bits per heavy atom. The summed E-state index contributed by atoms with van der Waals surface area (Å²) in [7, 11) is 0. The molecule has 0 saturated carbocycles. The number of amides is 1. The second-order valence-electron chi connectivity index (χ2n) is 4.24. The van der Waals surface area contributed by atoms with Crippen molar-refractivity contribution in [3.8, 4) is 5.75 Å². The maximum Gasteiger partial charge on any atom is 0.262 e. The number of H-pyrrole nitrogens is 1. The number of hydrogen-bond acceptors (Lipinski definition) is 4. The van der Waals surface area contributed by atoms with Crippen LogP contribution in [0.5, 0.6) is 5.75 Å². The summed E-state index contributed by atoms with van der Waals surface area (Å²) in [5.41, 5.74) is 7.52. The highest BCUT2D eigenvalue weighted by Crippen LogP contribution is 2.25. The third kappa shape index (κ3) is 2.90. The summed E-state index contributed by atoms with van der Waals surface area (Å²) < 4.78 is 5.43. The molecule has 2 rings (SSSR count). The van der Waals surface area contributed by atoms with E-state index in [4.69, 9.17) is 10.5 Å². The Kier molecular flexibility index (Phi) is 4.24. The summed E-state index contributed by atoms with van der Waals surface area (Å²) in [5, 5.41) is 9.57. The van der Waals surface area contributed by atoms with Crippen molar-refractivity contribution in [3.63, 3.8) is 0 Å². The number of aromatic nitrogens is 2. The molecule has 4 N–H and O–H groups in total. The molecule has 1 aromatic heterocycles. The second kappa shape index (κ2) is 6.10. The first kappa shape index (κ1) is 13.9. The van der Waals surface area contributed by atoms with Crippen LogP contribution in [0.25, 0.3) is 0 Å². The molecule has 106 valence electrons. The van der Waals surface area contributed by atoms with Gasteiger partial charge in [0, 0.05) is 17.4 Å². The number of nitrogens with one attached hydrogen (secondary N) is 2. The molecule has 6 heteroatoms. The summed E-state index contributed by atoms with van der Waals surface area (Å²) >= 11 is 0. The number of nitrogen functional groups attached to an aromatic ring is 1. The van der Waals surface area contributed by atoms with Gasteiger partial charge in [0.05, 0.1) is 6.61 Å². The molecule has 2 aromatic rings. The number of rotatable bonds is 5. The fraction of sp³-hybridized carbons (Fsp3) is 0.286. The fourth-order valence-corrected chi connectivity index (χ4v) is 1.85. The van der Waals surface area contributed by atoms with Gasteiger partial charge in [-0.3, -0.25) is 9.89 Å². The maximum absolute atomic E-state index is 12.3. The van der Waals surface area contributed by atoms with E-state index >= 15 is 0 Å². The lowest BCUT2D eigenvalue weighted by Gasteiger charge is -2.11. The second-order valence-corrected chi connectivity index (χ2v) is 4.24. The number of aromatic amines is 1. The molecular weight excluding hydrogens is 256 g/mol. The molecule has 1 heterocycles. The Morgan fingerprint density at radius 1 is 1.45 bits per heavy atom. The summed E-state index contributed by atoms with van der Waals surface area (Å²) in [6.45, 7) is 4.32. The lowest BCUT2D eigenvalue weighted by Crippen LogP contribution is -2.16. The first-order valence-corrected chi connectivity index (χ1v) is 6.52. The highest BCUT2D eigenvalue weighted by atomic mass is 16.5. The number of aryl methyl sites for hydroxylation is 1. The van der Waals surface area contributed by atoms with Crippen molar-refractivity contribution in [2.75, 3.05) is 17.7 Å². The van der Waals surface area contributed by atoms with Crippen LogP contribution >= 0.6 is 0 Å². The van der Waals surface area contributed by atoms with E-state index in [9.17, 15) is 4.79 Å². The Bertz CT molecular complexity index is 607. The van der Waals surface area contributed by atoms with Gasteiger partial charge in [-0.25, -0.2) is 0 Å². The van der Waals surface area contributed by atoms with Crippen molar-refractivity contribution in [3.05, 3.63) is 35.5 Å². The van der Waals surface area contributed by atoms with E-state index < -0.39 is 0 Å². The minimum atomic E-state index is -0.333. The summed E-state index contributed by atoms with van der Waals surface area (Å²) in [6.07, 6.45) is 0.820. The van der Waals surface area contributed by atoms with Gasteiger partial charge < -0.3 is 15.8 Å². The van der Waals surface area contributed by atoms with Gasteiger partial charge in [-0.1, -0.05) is 13.0 Å². The molecule has 0 bridgehead atoms. The van der Waals surface area contributed by atoms with E-state index in [2.05, 4.69) is 15.5 Å². The number of nitrogens with two attached hydrogens (primary N) is 1. The number of nitrogens with zero attached hydrogens (tertiary/aromatic N) is 1. The Hall–Kier alpha value is -2.50. The van der Waals surface area contributed by atoms with E-state index in [0.29, 0.717) is 29.4 Å². The lowest BCUT2D eigenvalue weighted by atomic mass is 10.1. The monoisotopic (exact) mass is 274 g/mol. The molecule has 1 amide bonds. The smallest absolute Gasteiger partial charge is 0.262 e. The van der Waals surface area contributed by atoms with Crippen molar-refractivity contribution in [1.29, 1.82) is 0 Å². The lowest BCUT2D eigenvalue weighted by molar-refractivity contribution is 0.102. The maximum atomic E-state index is 12.3. The van der Waals surface area contributed by atoms with Gasteiger partial charge in [0.25, 0.3) is 5.91 Å². The zero-order valence-corrected chi connectivity index (χ0v) is 11.6. The molecule has 0 aliphatic heterocycles. The molecular formula is C14H18N4O2. The minimum absolute atomic E-state index is 0.329. The van der Waals surface area contributed by atoms with E-state index in [1.807, 2.05) is 13.8 Å². The van der Waals surface area contributed by atoms with Crippen molar-refractivity contribution in [2.45, 2.75) is 20.3 Å². The molecule has 0 unspecified atom stereocenters. The van der Waals surface area contributed by atoms with Crippen LogP contribution in [0.2, 0.25) is 0 Å². The Morgan fingerprint density at radius 3 is 2.90 bits per heavy atom. The van der Waals surface area contributed by atoms with Crippen LogP contribution in [0, 0.1) is 0 Å². The summed E-state index contributed by atoms with van der Waals surface area (Å²) in [4.78, 5) is 12.3. The molecule has 0 fully saturated rings. The third-order valence-electron chi connectivity index (χ3n) is 2.84. The summed E-state index contributed by atoms with van der Waals surface area (Å²) in [6, 6.07) is 6.93. The molecule has 0 aliphatic carbocycles. The van der Waals surface area contributed by atoms with Crippen LogP contribution < -0.4 is 15.8 Å².